The molecule has 0 radical (unpaired) electrons. The van der Waals surface area contributed by atoms with Crippen LogP contribution in [-0.4, -0.2) is 36.1 Å². The summed E-state index contributed by atoms with van der Waals surface area (Å²) in [5.41, 5.74) is -0.549. The van der Waals surface area contributed by atoms with Gasteiger partial charge in [-0.25, -0.2) is 4.98 Å². The fraction of sp³-hybridized carbons (Fsp3) is 0.526. The summed E-state index contributed by atoms with van der Waals surface area (Å²) in [6.07, 6.45) is -2.06. The SMILES string of the molecule is CC1(C)CCCN(CCNc2nc(C(F)(F)F)cc3ccccc23)C1. The van der Waals surface area contributed by atoms with E-state index in [1.807, 2.05) is 6.07 Å². The van der Waals surface area contributed by atoms with Crippen molar-refractivity contribution in [1.29, 1.82) is 0 Å². The molecule has 1 aliphatic heterocycles. The van der Waals surface area contributed by atoms with Crippen LogP contribution in [0.25, 0.3) is 10.8 Å². The van der Waals surface area contributed by atoms with Gasteiger partial charge in [0.2, 0.25) is 0 Å². The van der Waals surface area contributed by atoms with Crippen LogP contribution in [0.15, 0.2) is 30.3 Å². The summed E-state index contributed by atoms with van der Waals surface area (Å²) >= 11 is 0. The Morgan fingerprint density at radius 1 is 1.24 bits per heavy atom. The molecule has 0 atom stereocenters. The molecule has 0 amide bonds. The average molecular weight is 351 g/mol. The van der Waals surface area contributed by atoms with Crippen LogP contribution in [0.1, 0.15) is 32.4 Å². The number of nitrogens with zero attached hydrogens (tertiary/aromatic N) is 2. The quantitative estimate of drug-likeness (QED) is 0.859. The van der Waals surface area contributed by atoms with Gasteiger partial charge in [0.1, 0.15) is 11.5 Å². The first-order valence-corrected chi connectivity index (χ1v) is 8.68. The summed E-state index contributed by atoms with van der Waals surface area (Å²) in [6.45, 7) is 7.96. The smallest absolute Gasteiger partial charge is 0.368 e. The zero-order chi connectivity index (χ0) is 18.1. The Kier molecular flexibility index (Phi) is 4.91. The van der Waals surface area contributed by atoms with E-state index in [0.29, 0.717) is 23.2 Å². The predicted molar refractivity (Wildman–Crippen MR) is 94.7 cm³/mol. The number of rotatable bonds is 4. The summed E-state index contributed by atoms with van der Waals surface area (Å²) in [7, 11) is 0. The number of halogens is 3. The third-order valence-electron chi connectivity index (χ3n) is 4.73. The van der Waals surface area contributed by atoms with Crippen molar-refractivity contribution in [2.45, 2.75) is 32.9 Å². The van der Waals surface area contributed by atoms with Gasteiger partial charge in [-0.1, -0.05) is 38.1 Å². The van der Waals surface area contributed by atoms with E-state index in [9.17, 15) is 13.2 Å². The number of piperidine rings is 1. The van der Waals surface area contributed by atoms with Crippen molar-refractivity contribution in [1.82, 2.24) is 9.88 Å². The maximum Gasteiger partial charge on any atom is 0.433 e. The first kappa shape index (κ1) is 18.0. The van der Waals surface area contributed by atoms with Gasteiger partial charge in [0.25, 0.3) is 0 Å². The molecular formula is C19H24F3N3. The second-order valence-electron chi connectivity index (χ2n) is 7.55. The van der Waals surface area contributed by atoms with Crippen molar-refractivity contribution in [2.24, 2.45) is 5.41 Å². The van der Waals surface area contributed by atoms with Gasteiger partial charge in [-0.2, -0.15) is 13.2 Å². The molecule has 0 saturated carbocycles. The van der Waals surface area contributed by atoms with Crippen LogP contribution < -0.4 is 5.32 Å². The highest BCUT2D eigenvalue weighted by Crippen LogP contribution is 2.32. The number of alkyl halides is 3. The van der Waals surface area contributed by atoms with E-state index in [1.165, 1.54) is 6.42 Å². The third kappa shape index (κ3) is 4.42. The lowest BCUT2D eigenvalue weighted by atomic mass is 9.84. The third-order valence-corrected chi connectivity index (χ3v) is 4.73. The molecule has 6 heteroatoms. The monoisotopic (exact) mass is 351 g/mol. The molecule has 1 saturated heterocycles. The van der Waals surface area contributed by atoms with Crippen LogP contribution >= 0.6 is 0 Å². The second-order valence-corrected chi connectivity index (χ2v) is 7.55. The first-order chi connectivity index (χ1) is 11.7. The Balaban J connectivity index is 1.74. The first-order valence-electron chi connectivity index (χ1n) is 8.68. The Hall–Kier alpha value is -1.82. The second kappa shape index (κ2) is 6.83. The van der Waals surface area contributed by atoms with Crippen LogP contribution in [0.4, 0.5) is 19.0 Å². The number of pyridine rings is 1. The Bertz CT molecular complexity index is 740. The van der Waals surface area contributed by atoms with Gasteiger partial charge in [-0.15, -0.1) is 0 Å². The van der Waals surface area contributed by atoms with E-state index >= 15 is 0 Å². The number of hydrogen-bond donors (Lipinski definition) is 1. The number of hydrogen-bond acceptors (Lipinski definition) is 3. The average Bonchev–Trinajstić information content (AvgIpc) is 2.53. The van der Waals surface area contributed by atoms with E-state index in [1.54, 1.807) is 18.2 Å². The van der Waals surface area contributed by atoms with Gasteiger partial charge >= 0.3 is 6.18 Å². The van der Waals surface area contributed by atoms with Gasteiger partial charge in [-0.3, -0.25) is 0 Å². The summed E-state index contributed by atoms with van der Waals surface area (Å²) < 4.78 is 39.3. The topological polar surface area (TPSA) is 28.2 Å². The molecule has 3 rings (SSSR count). The minimum absolute atomic E-state index is 0.305. The summed E-state index contributed by atoms with van der Waals surface area (Å²) in [4.78, 5) is 6.20. The lowest BCUT2D eigenvalue weighted by Crippen LogP contribution is -2.42. The van der Waals surface area contributed by atoms with Crippen LogP contribution in [0.5, 0.6) is 0 Å². The Labute approximate surface area is 146 Å². The molecule has 136 valence electrons. The molecule has 2 heterocycles. The largest absolute Gasteiger partial charge is 0.433 e. The highest BCUT2D eigenvalue weighted by molar-refractivity contribution is 5.92. The molecule has 0 unspecified atom stereocenters. The molecule has 0 bridgehead atoms. The van der Waals surface area contributed by atoms with Crippen molar-refractivity contribution in [2.75, 3.05) is 31.5 Å². The van der Waals surface area contributed by atoms with Crippen LogP contribution in [0.3, 0.4) is 0 Å². The van der Waals surface area contributed by atoms with Gasteiger partial charge in [0.05, 0.1) is 0 Å². The number of benzene rings is 1. The molecule has 2 aromatic rings. The molecule has 0 aliphatic carbocycles. The minimum atomic E-state index is -4.45. The highest BCUT2D eigenvalue weighted by Gasteiger charge is 2.33. The van der Waals surface area contributed by atoms with E-state index < -0.39 is 11.9 Å². The minimum Gasteiger partial charge on any atom is -0.368 e. The van der Waals surface area contributed by atoms with Gasteiger partial charge in [0, 0.05) is 25.0 Å². The van der Waals surface area contributed by atoms with E-state index in [0.717, 1.165) is 37.5 Å². The molecular weight excluding hydrogens is 327 g/mol. The van der Waals surface area contributed by atoms with Crippen molar-refractivity contribution < 1.29 is 13.2 Å². The molecule has 25 heavy (non-hydrogen) atoms. The molecule has 1 N–H and O–H groups in total. The number of fused-ring (bicyclic) bond motifs is 1. The van der Waals surface area contributed by atoms with E-state index in [2.05, 4.69) is 29.0 Å². The van der Waals surface area contributed by atoms with Crippen LogP contribution in [-0.2, 0) is 6.18 Å². The fourth-order valence-electron chi connectivity index (χ4n) is 3.55. The molecule has 1 aromatic heterocycles. The Morgan fingerprint density at radius 3 is 2.72 bits per heavy atom. The van der Waals surface area contributed by atoms with E-state index in [-0.39, 0.29) is 0 Å². The normalized spacial score (nSPS) is 18.4. The zero-order valence-corrected chi connectivity index (χ0v) is 14.7. The standard InChI is InChI=1S/C19H24F3N3/c1-18(2)8-5-10-25(13-18)11-9-23-17-15-7-4-3-6-14(15)12-16(24-17)19(20,21)22/h3-4,6-7,12H,5,8-11,13H2,1-2H3,(H,23,24). The fourth-order valence-corrected chi connectivity index (χ4v) is 3.55. The van der Waals surface area contributed by atoms with Gasteiger partial charge in [0.15, 0.2) is 0 Å². The van der Waals surface area contributed by atoms with Crippen molar-refractivity contribution in [3.05, 3.63) is 36.0 Å². The highest BCUT2D eigenvalue weighted by atomic mass is 19.4. The lowest BCUT2D eigenvalue weighted by molar-refractivity contribution is -0.140. The van der Waals surface area contributed by atoms with Gasteiger partial charge in [-0.05, 0) is 36.3 Å². The number of aromatic nitrogens is 1. The lowest BCUT2D eigenvalue weighted by Gasteiger charge is -2.38. The summed E-state index contributed by atoms with van der Waals surface area (Å²) in [6, 6.07) is 8.14. The van der Waals surface area contributed by atoms with Crippen molar-refractivity contribution >= 4 is 16.6 Å². The summed E-state index contributed by atoms with van der Waals surface area (Å²) in [5, 5.41) is 4.39. The van der Waals surface area contributed by atoms with Crippen LogP contribution in [0, 0.1) is 5.41 Å². The van der Waals surface area contributed by atoms with Crippen LogP contribution in [0.2, 0.25) is 0 Å². The van der Waals surface area contributed by atoms with Crippen molar-refractivity contribution in [3.63, 3.8) is 0 Å². The van der Waals surface area contributed by atoms with E-state index in [4.69, 9.17) is 0 Å². The molecule has 0 spiro atoms. The van der Waals surface area contributed by atoms with Crippen molar-refractivity contribution in [3.8, 4) is 0 Å². The summed E-state index contributed by atoms with van der Waals surface area (Å²) in [5.74, 6) is 0.307. The number of likely N-dealkylation sites (tertiary alicyclic amines) is 1. The molecule has 1 aromatic carbocycles. The maximum atomic E-state index is 13.1. The van der Waals surface area contributed by atoms with Gasteiger partial charge < -0.3 is 10.2 Å². The molecule has 3 nitrogen and oxygen atoms in total. The number of anilines is 1. The Morgan fingerprint density at radius 2 is 2.00 bits per heavy atom. The molecule has 1 fully saturated rings. The molecule has 1 aliphatic rings. The zero-order valence-electron chi connectivity index (χ0n) is 14.7. The number of nitrogens with one attached hydrogen (secondary N) is 1. The maximum absolute atomic E-state index is 13.1. The predicted octanol–water partition coefficient (Wildman–Crippen LogP) is 4.79.